The summed E-state index contributed by atoms with van der Waals surface area (Å²) in [5, 5.41) is 2.84. The fourth-order valence-electron chi connectivity index (χ4n) is 1.37. The van der Waals surface area contributed by atoms with Crippen LogP contribution in [0.1, 0.15) is 13.3 Å². The van der Waals surface area contributed by atoms with Crippen LogP contribution in [0.5, 0.6) is 0 Å². The van der Waals surface area contributed by atoms with Gasteiger partial charge in [-0.1, -0.05) is 6.92 Å². The lowest BCUT2D eigenvalue weighted by atomic mass is 10.1. The number of nitrogens with zero attached hydrogens (tertiary/aromatic N) is 1. The van der Waals surface area contributed by atoms with Crippen molar-refractivity contribution in [2.75, 3.05) is 26.2 Å². The molecule has 0 spiro atoms. The van der Waals surface area contributed by atoms with Crippen molar-refractivity contribution in [3.05, 3.63) is 0 Å². The zero-order chi connectivity index (χ0) is 8.97. The van der Waals surface area contributed by atoms with E-state index in [1.165, 1.54) is 0 Å². The number of carbonyl (C=O) groups excluding carboxylic acids is 1. The summed E-state index contributed by atoms with van der Waals surface area (Å²) in [7, 11) is 0. The van der Waals surface area contributed by atoms with Gasteiger partial charge in [0.2, 0.25) is 0 Å². The Hall–Kier alpha value is -0.770. The molecule has 3 N–H and O–H groups in total. The van der Waals surface area contributed by atoms with Gasteiger partial charge in [0.25, 0.3) is 0 Å². The Morgan fingerprint density at radius 1 is 1.75 bits per heavy atom. The number of nitrogens with two attached hydrogens (primary N) is 1. The lowest BCUT2D eigenvalue weighted by Crippen LogP contribution is -2.50. The fraction of sp³-hybridized carbons (Fsp3) is 0.875. The highest BCUT2D eigenvalue weighted by molar-refractivity contribution is 5.74. The van der Waals surface area contributed by atoms with Crippen LogP contribution in [0.4, 0.5) is 4.79 Å². The van der Waals surface area contributed by atoms with Crippen molar-refractivity contribution in [1.82, 2.24) is 10.2 Å². The first-order valence-corrected chi connectivity index (χ1v) is 4.47. The molecule has 0 aromatic rings. The number of rotatable bonds is 3. The highest BCUT2D eigenvalue weighted by Crippen LogP contribution is 2.05. The summed E-state index contributed by atoms with van der Waals surface area (Å²) < 4.78 is 0. The molecule has 0 aliphatic carbocycles. The predicted octanol–water partition coefficient (Wildman–Crippen LogP) is -0.00350. The molecule has 1 aliphatic heterocycles. The maximum Gasteiger partial charge on any atom is 0.317 e. The van der Waals surface area contributed by atoms with Gasteiger partial charge < -0.3 is 16.0 Å². The molecule has 1 rings (SSSR count). The summed E-state index contributed by atoms with van der Waals surface area (Å²) in [6, 6.07) is 0.0570. The average Bonchev–Trinajstić information content (AvgIpc) is 2.07. The van der Waals surface area contributed by atoms with Gasteiger partial charge in [0.15, 0.2) is 0 Å². The summed E-state index contributed by atoms with van der Waals surface area (Å²) in [5.74, 6) is 0.556. The first kappa shape index (κ1) is 9.32. The Kier molecular flexibility index (Phi) is 3.34. The van der Waals surface area contributed by atoms with Crippen LogP contribution in [-0.2, 0) is 0 Å². The number of urea groups is 1. The first-order chi connectivity index (χ1) is 5.74. The van der Waals surface area contributed by atoms with Crippen molar-refractivity contribution < 1.29 is 4.79 Å². The van der Waals surface area contributed by atoms with Crippen LogP contribution in [-0.4, -0.2) is 37.1 Å². The predicted molar refractivity (Wildman–Crippen MR) is 47.8 cm³/mol. The van der Waals surface area contributed by atoms with E-state index in [0.717, 1.165) is 26.1 Å². The normalized spacial score (nSPS) is 24.0. The van der Waals surface area contributed by atoms with E-state index in [0.29, 0.717) is 12.5 Å². The second kappa shape index (κ2) is 4.30. The molecule has 1 aliphatic rings. The Bertz CT molecular complexity index is 160. The van der Waals surface area contributed by atoms with Crippen molar-refractivity contribution in [2.45, 2.75) is 13.3 Å². The monoisotopic (exact) mass is 171 g/mol. The van der Waals surface area contributed by atoms with Crippen molar-refractivity contribution in [1.29, 1.82) is 0 Å². The smallest absolute Gasteiger partial charge is 0.317 e. The van der Waals surface area contributed by atoms with Gasteiger partial charge in [-0.2, -0.15) is 0 Å². The van der Waals surface area contributed by atoms with Gasteiger partial charge in [0.05, 0.1) is 0 Å². The lowest BCUT2D eigenvalue weighted by molar-refractivity contribution is 0.170. The van der Waals surface area contributed by atoms with Crippen molar-refractivity contribution >= 4 is 6.03 Å². The summed E-state index contributed by atoms with van der Waals surface area (Å²) >= 11 is 0. The zero-order valence-corrected chi connectivity index (χ0v) is 7.55. The molecule has 12 heavy (non-hydrogen) atoms. The molecule has 2 amide bonds. The lowest BCUT2D eigenvalue weighted by Gasteiger charge is -2.31. The van der Waals surface area contributed by atoms with Crippen LogP contribution in [0.25, 0.3) is 0 Å². The number of amides is 2. The molecule has 0 bridgehead atoms. The van der Waals surface area contributed by atoms with E-state index in [4.69, 9.17) is 5.73 Å². The van der Waals surface area contributed by atoms with Gasteiger partial charge in [0, 0.05) is 19.6 Å². The molecule has 0 radical (unpaired) electrons. The molecule has 1 saturated heterocycles. The maximum atomic E-state index is 11.2. The molecule has 4 heteroatoms. The van der Waals surface area contributed by atoms with Crippen LogP contribution in [0.3, 0.4) is 0 Å². The molecule has 1 fully saturated rings. The van der Waals surface area contributed by atoms with E-state index in [2.05, 4.69) is 12.2 Å². The topological polar surface area (TPSA) is 58.4 Å². The van der Waals surface area contributed by atoms with Gasteiger partial charge in [-0.3, -0.25) is 0 Å². The Balaban J connectivity index is 2.33. The highest BCUT2D eigenvalue weighted by Gasteiger charge is 2.21. The van der Waals surface area contributed by atoms with Crippen molar-refractivity contribution in [2.24, 2.45) is 11.7 Å². The number of hydrogen-bond donors (Lipinski definition) is 2. The van der Waals surface area contributed by atoms with Gasteiger partial charge in [0.1, 0.15) is 0 Å². The standard InChI is InChI=1S/C8H17N3O/c1-7-5-10-8(12)11(6-7)4-2-3-9/h7H,2-6,9H2,1H3,(H,10,12). The third-order valence-electron chi connectivity index (χ3n) is 2.05. The van der Waals surface area contributed by atoms with Gasteiger partial charge in [-0.05, 0) is 18.9 Å². The van der Waals surface area contributed by atoms with Gasteiger partial charge in [-0.25, -0.2) is 4.79 Å². The van der Waals surface area contributed by atoms with Gasteiger partial charge >= 0.3 is 6.03 Å². The molecule has 70 valence electrons. The van der Waals surface area contributed by atoms with Crippen molar-refractivity contribution in [3.8, 4) is 0 Å². The molecule has 1 unspecified atom stereocenters. The Morgan fingerprint density at radius 2 is 2.50 bits per heavy atom. The summed E-state index contributed by atoms with van der Waals surface area (Å²) in [5.41, 5.74) is 5.37. The minimum absolute atomic E-state index is 0.0570. The third kappa shape index (κ3) is 2.37. The largest absolute Gasteiger partial charge is 0.338 e. The minimum atomic E-state index is 0.0570. The fourth-order valence-corrected chi connectivity index (χ4v) is 1.37. The number of hydrogen-bond acceptors (Lipinski definition) is 2. The zero-order valence-electron chi connectivity index (χ0n) is 7.55. The van der Waals surface area contributed by atoms with E-state index in [9.17, 15) is 4.79 Å². The third-order valence-corrected chi connectivity index (χ3v) is 2.05. The summed E-state index contributed by atoms with van der Waals surface area (Å²) in [6.07, 6.45) is 0.889. The van der Waals surface area contributed by atoms with Crippen LogP contribution in [0.15, 0.2) is 0 Å². The molecule has 4 nitrogen and oxygen atoms in total. The second-order valence-electron chi connectivity index (χ2n) is 3.38. The maximum absolute atomic E-state index is 11.2. The molecule has 1 atom stereocenters. The van der Waals surface area contributed by atoms with E-state index in [-0.39, 0.29) is 6.03 Å². The van der Waals surface area contributed by atoms with E-state index in [1.807, 2.05) is 4.90 Å². The quantitative estimate of drug-likeness (QED) is 0.627. The molecule has 0 saturated carbocycles. The molecule has 0 aromatic heterocycles. The summed E-state index contributed by atoms with van der Waals surface area (Å²) in [4.78, 5) is 13.1. The molecule has 1 heterocycles. The molecule has 0 aromatic carbocycles. The minimum Gasteiger partial charge on any atom is -0.338 e. The first-order valence-electron chi connectivity index (χ1n) is 4.47. The molecular weight excluding hydrogens is 154 g/mol. The number of carbonyl (C=O) groups is 1. The number of nitrogens with one attached hydrogen (secondary N) is 1. The van der Waals surface area contributed by atoms with Gasteiger partial charge in [-0.15, -0.1) is 0 Å². The van der Waals surface area contributed by atoms with Crippen LogP contribution < -0.4 is 11.1 Å². The molecular formula is C8H17N3O. The Labute approximate surface area is 73.1 Å². The van der Waals surface area contributed by atoms with E-state index in [1.54, 1.807) is 0 Å². The van der Waals surface area contributed by atoms with E-state index < -0.39 is 0 Å². The van der Waals surface area contributed by atoms with Crippen LogP contribution >= 0.6 is 0 Å². The highest BCUT2D eigenvalue weighted by atomic mass is 16.2. The van der Waals surface area contributed by atoms with Crippen LogP contribution in [0.2, 0.25) is 0 Å². The van der Waals surface area contributed by atoms with Crippen molar-refractivity contribution in [3.63, 3.8) is 0 Å². The second-order valence-corrected chi connectivity index (χ2v) is 3.38. The van der Waals surface area contributed by atoms with Crippen LogP contribution in [0, 0.1) is 5.92 Å². The SMILES string of the molecule is CC1CNC(=O)N(CCCN)C1. The average molecular weight is 171 g/mol. The Morgan fingerprint density at radius 3 is 3.17 bits per heavy atom. The summed E-state index contributed by atoms with van der Waals surface area (Å²) in [6.45, 7) is 5.24. The van der Waals surface area contributed by atoms with E-state index >= 15 is 0 Å².